The number of aryl methyl sites for hydroxylation is 2. The fraction of sp³-hybridized carbons (Fsp3) is 0.410. The lowest BCUT2D eigenvalue weighted by Crippen LogP contribution is -2.44. The molecule has 2 saturated carbocycles. The monoisotopic (exact) mass is 671 g/mol. The van der Waals surface area contributed by atoms with Gasteiger partial charge in [0.1, 0.15) is 5.75 Å². The summed E-state index contributed by atoms with van der Waals surface area (Å²) in [6.45, 7) is 4.76. The molecule has 3 aromatic carbocycles. The van der Waals surface area contributed by atoms with Crippen LogP contribution in [0.3, 0.4) is 0 Å². The average Bonchev–Trinajstić information content (AvgIpc) is 3.10. The third-order valence-corrected chi connectivity index (χ3v) is 9.74. The van der Waals surface area contributed by atoms with E-state index in [4.69, 9.17) is 0 Å². The second-order valence-corrected chi connectivity index (χ2v) is 13.4. The van der Waals surface area contributed by atoms with Crippen LogP contribution in [0.15, 0.2) is 72.9 Å². The number of anilines is 3. The second kappa shape index (κ2) is 15.4. The van der Waals surface area contributed by atoms with Gasteiger partial charge in [0.15, 0.2) is 0 Å². The molecule has 0 atom stereocenters. The average molecular weight is 672 g/mol. The molecule has 7 nitrogen and oxygen atoms in total. The van der Waals surface area contributed by atoms with Crippen LogP contribution >= 0.6 is 0 Å². The number of hydrogen-bond donors (Lipinski definition) is 2. The summed E-state index contributed by atoms with van der Waals surface area (Å²) in [6.07, 6.45) is 9.99. The van der Waals surface area contributed by atoms with Crippen LogP contribution in [-0.4, -0.2) is 39.2 Å². The first kappa shape index (κ1) is 34.4. The number of alkyl halides is 3. The normalized spacial score (nSPS) is 16.0. The molecule has 258 valence electrons. The molecule has 49 heavy (non-hydrogen) atoms. The van der Waals surface area contributed by atoms with Gasteiger partial charge in [-0.1, -0.05) is 50.7 Å². The number of benzene rings is 3. The lowest BCUT2D eigenvalue weighted by atomic mass is 9.88. The third-order valence-electron chi connectivity index (χ3n) is 9.74. The Morgan fingerprint density at radius 2 is 1.47 bits per heavy atom. The highest BCUT2D eigenvalue weighted by atomic mass is 19.4. The first-order valence-electron chi connectivity index (χ1n) is 17.3. The minimum absolute atomic E-state index is 0.185. The van der Waals surface area contributed by atoms with E-state index in [9.17, 15) is 18.0 Å². The number of nitrogens with zero attached hydrogens (tertiary/aromatic N) is 3. The highest BCUT2D eigenvalue weighted by Crippen LogP contribution is 2.33. The Morgan fingerprint density at radius 3 is 2.08 bits per heavy atom. The second-order valence-electron chi connectivity index (χ2n) is 13.4. The van der Waals surface area contributed by atoms with Crippen molar-refractivity contribution in [2.24, 2.45) is 0 Å². The van der Waals surface area contributed by atoms with E-state index >= 15 is 0 Å². The maximum absolute atomic E-state index is 13.4. The summed E-state index contributed by atoms with van der Waals surface area (Å²) in [6, 6.07) is 20.4. The van der Waals surface area contributed by atoms with E-state index in [1.807, 2.05) is 13.8 Å². The highest BCUT2D eigenvalue weighted by molar-refractivity contribution is 6.04. The molecule has 1 amide bonds. The molecule has 0 bridgehead atoms. The minimum atomic E-state index is -4.76. The Labute approximate surface area is 286 Å². The summed E-state index contributed by atoms with van der Waals surface area (Å²) in [5, 5.41) is 6.30. The molecule has 0 spiro atoms. The summed E-state index contributed by atoms with van der Waals surface area (Å²) in [5.74, 6) is -0.171. The summed E-state index contributed by atoms with van der Waals surface area (Å²) in [5.41, 5.74) is 6.25. The molecule has 2 N–H and O–H groups in total. The summed E-state index contributed by atoms with van der Waals surface area (Å²) in [4.78, 5) is 25.1. The predicted octanol–water partition coefficient (Wildman–Crippen LogP) is 10.1. The van der Waals surface area contributed by atoms with Gasteiger partial charge in [0.25, 0.3) is 5.91 Å². The van der Waals surface area contributed by atoms with Gasteiger partial charge in [-0.05, 0) is 111 Å². The fourth-order valence-electron chi connectivity index (χ4n) is 7.13. The molecule has 1 heterocycles. The van der Waals surface area contributed by atoms with Crippen molar-refractivity contribution >= 4 is 23.2 Å². The van der Waals surface area contributed by atoms with Gasteiger partial charge in [0, 0.05) is 47.3 Å². The van der Waals surface area contributed by atoms with E-state index in [1.54, 1.807) is 30.5 Å². The Bertz CT molecular complexity index is 1700. The van der Waals surface area contributed by atoms with E-state index in [0.29, 0.717) is 40.5 Å². The Morgan fingerprint density at radius 1 is 0.837 bits per heavy atom. The molecular formula is C39H44F3N5O2. The number of carbonyl (C=O) groups is 1. The molecule has 0 radical (unpaired) electrons. The molecule has 2 aliphatic rings. The Balaban J connectivity index is 1.11. The SMILES string of the molecule is Cc1ccc(CN(C2CCCCC2)C2CCCCC2)cc1NC(=O)c1ccc(Nc2ncc(C)c(-c3ccc(OC(F)(F)F)cc3)n2)cc1. The van der Waals surface area contributed by atoms with Gasteiger partial charge in [-0.3, -0.25) is 9.69 Å². The van der Waals surface area contributed by atoms with Gasteiger partial charge in [0.2, 0.25) is 5.95 Å². The maximum Gasteiger partial charge on any atom is 0.573 e. The zero-order chi connectivity index (χ0) is 34.4. The molecule has 0 aliphatic heterocycles. The van der Waals surface area contributed by atoms with Gasteiger partial charge >= 0.3 is 6.36 Å². The lowest BCUT2D eigenvalue weighted by molar-refractivity contribution is -0.274. The summed E-state index contributed by atoms with van der Waals surface area (Å²) < 4.78 is 41.6. The van der Waals surface area contributed by atoms with Gasteiger partial charge in [-0.25, -0.2) is 9.97 Å². The van der Waals surface area contributed by atoms with Gasteiger partial charge in [-0.2, -0.15) is 0 Å². The number of amides is 1. The van der Waals surface area contributed by atoms with Crippen molar-refractivity contribution in [1.29, 1.82) is 0 Å². The topological polar surface area (TPSA) is 79.4 Å². The highest BCUT2D eigenvalue weighted by Gasteiger charge is 2.31. The van der Waals surface area contributed by atoms with Crippen LogP contribution in [-0.2, 0) is 6.54 Å². The molecule has 1 aromatic heterocycles. The van der Waals surface area contributed by atoms with Crippen LogP contribution in [0.5, 0.6) is 5.75 Å². The Kier molecular flexibility index (Phi) is 10.8. The number of hydrogen-bond acceptors (Lipinski definition) is 6. The van der Waals surface area contributed by atoms with Crippen molar-refractivity contribution in [2.45, 2.75) is 103 Å². The van der Waals surface area contributed by atoms with Crippen LogP contribution < -0.4 is 15.4 Å². The standard InChI is InChI=1S/C39H44F3N5O2/c1-26-13-14-28(25-47(32-9-5-3-6-10-32)33-11-7-4-8-12-33)23-35(26)45-37(48)30-15-19-31(20-16-30)44-38-43-24-27(2)36(46-38)29-17-21-34(22-18-29)49-39(40,41)42/h13-24,32-33H,3-12,25H2,1-2H3,(H,45,48)(H,43,44,46). The molecule has 6 rings (SSSR count). The number of halogens is 3. The van der Waals surface area contributed by atoms with Crippen molar-refractivity contribution < 1.29 is 22.7 Å². The largest absolute Gasteiger partial charge is 0.573 e. The first-order valence-corrected chi connectivity index (χ1v) is 17.3. The molecule has 2 aliphatic carbocycles. The van der Waals surface area contributed by atoms with Crippen molar-refractivity contribution in [2.75, 3.05) is 10.6 Å². The van der Waals surface area contributed by atoms with E-state index in [0.717, 1.165) is 23.4 Å². The predicted molar refractivity (Wildman–Crippen MR) is 187 cm³/mol. The van der Waals surface area contributed by atoms with Gasteiger partial charge in [-0.15, -0.1) is 13.2 Å². The number of aromatic nitrogens is 2. The number of carbonyl (C=O) groups excluding carboxylic acids is 1. The van der Waals surface area contributed by atoms with E-state index < -0.39 is 6.36 Å². The smallest absolute Gasteiger partial charge is 0.406 e. The summed E-state index contributed by atoms with van der Waals surface area (Å²) in [7, 11) is 0. The Hall–Kier alpha value is -4.44. The van der Waals surface area contributed by atoms with Crippen molar-refractivity contribution in [3.05, 3.63) is 95.2 Å². The quantitative estimate of drug-likeness (QED) is 0.175. The summed E-state index contributed by atoms with van der Waals surface area (Å²) >= 11 is 0. The zero-order valence-corrected chi connectivity index (χ0v) is 28.2. The van der Waals surface area contributed by atoms with Gasteiger partial charge < -0.3 is 15.4 Å². The van der Waals surface area contributed by atoms with Crippen LogP contribution in [0.1, 0.15) is 91.3 Å². The van der Waals surface area contributed by atoms with E-state index in [2.05, 4.69) is 48.4 Å². The minimum Gasteiger partial charge on any atom is -0.406 e. The molecule has 10 heteroatoms. The van der Waals surface area contributed by atoms with Crippen molar-refractivity contribution in [3.8, 4) is 17.0 Å². The lowest BCUT2D eigenvalue weighted by Gasteiger charge is -2.42. The molecule has 0 unspecified atom stereocenters. The van der Waals surface area contributed by atoms with E-state index in [-0.39, 0.29) is 11.7 Å². The van der Waals surface area contributed by atoms with Crippen molar-refractivity contribution in [3.63, 3.8) is 0 Å². The van der Waals surface area contributed by atoms with Crippen LogP contribution in [0.4, 0.5) is 30.5 Å². The van der Waals surface area contributed by atoms with Gasteiger partial charge in [0.05, 0.1) is 5.69 Å². The number of ether oxygens (including phenoxy) is 1. The molecular weight excluding hydrogens is 627 g/mol. The molecule has 2 fully saturated rings. The zero-order valence-electron chi connectivity index (χ0n) is 28.2. The van der Waals surface area contributed by atoms with E-state index in [1.165, 1.54) is 94.0 Å². The fourth-order valence-corrected chi connectivity index (χ4v) is 7.13. The number of rotatable bonds is 10. The van der Waals surface area contributed by atoms with Crippen LogP contribution in [0, 0.1) is 13.8 Å². The first-order chi connectivity index (χ1) is 23.6. The van der Waals surface area contributed by atoms with Crippen LogP contribution in [0.25, 0.3) is 11.3 Å². The maximum atomic E-state index is 13.4. The molecule has 0 saturated heterocycles. The van der Waals surface area contributed by atoms with Crippen molar-refractivity contribution in [1.82, 2.24) is 14.9 Å². The van der Waals surface area contributed by atoms with Crippen LogP contribution in [0.2, 0.25) is 0 Å². The third kappa shape index (κ3) is 9.17. The molecule has 4 aromatic rings. The number of nitrogens with one attached hydrogen (secondary N) is 2.